The van der Waals surface area contributed by atoms with Crippen LogP contribution in [0.25, 0.3) is 10.5 Å². The molecule has 0 amide bonds. The lowest BCUT2D eigenvalue weighted by Crippen LogP contribution is -2.17. The zero-order chi connectivity index (χ0) is 25.2. The Hall–Kier alpha value is -4.43. The van der Waals surface area contributed by atoms with Crippen LogP contribution in [0.4, 0.5) is 30.4 Å². The van der Waals surface area contributed by atoms with Crippen molar-refractivity contribution in [2.45, 2.75) is 25.6 Å². The summed E-state index contributed by atoms with van der Waals surface area (Å²) in [6.07, 6.45) is -1.71. The van der Waals surface area contributed by atoms with E-state index in [1.54, 1.807) is 26.0 Å². The Morgan fingerprint density at radius 3 is 2.34 bits per heavy atom. The minimum Gasteiger partial charge on any atom is -0.439 e. The maximum absolute atomic E-state index is 13.4. The minimum atomic E-state index is -4.68. The van der Waals surface area contributed by atoms with Gasteiger partial charge in [-0.2, -0.15) is 18.3 Å². The third-order valence-electron chi connectivity index (χ3n) is 4.80. The highest BCUT2D eigenvalue weighted by molar-refractivity contribution is 5.58. The van der Waals surface area contributed by atoms with E-state index < -0.39 is 17.5 Å². The SMILES string of the molecule is [C-]#[N+]c1ccc(-n2nc(C(F)(F)F)cc2Oc2ccnc(Nc3ccnc(C(C)(C)O)c3)c2)cc1. The van der Waals surface area contributed by atoms with Crippen LogP contribution in [0, 0.1) is 6.57 Å². The number of aliphatic hydroxyl groups is 1. The summed E-state index contributed by atoms with van der Waals surface area (Å²) in [4.78, 5) is 11.6. The van der Waals surface area contributed by atoms with Crippen molar-refractivity contribution in [2.75, 3.05) is 5.32 Å². The van der Waals surface area contributed by atoms with Gasteiger partial charge < -0.3 is 15.2 Å². The molecule has 0 aliphatic heterocycles. The van der Waals surface area contributed by atoms with Crippen LogP contribution >= 0.6 is 0 Å². The van der Waals surface area contributed by atoms with E-state index in [4.69, 9.17) is 11.3 Å². The van der Waals surface area contributed by atoms with Gasteiger partial charge in [-0.25, -0.2) is 14.5 Å². The molecule has 8 nitrogen and oxygen atoms in total. The fraction of sp³-hybridized carbons (Fsp3) is 0.167. The summed E-state index contributed by atoms with van der Waals surface area (Å²) in [5.74, 6) is 0.407. The molecule has 11 heteroatoms. The second-order valence-corrected chi connectivity index (χ2v) is 8.00. The first kappa shape index (κ1) is 23.7. The maximum atomic E-state index is 13.4. The topological polar surface area (TPSA) is 89.5 Å². The highest BCUT2D eigenvalue weighted by Crippen LogP contribution is 2.34. The molecule has 4 rings (SSSR count). The Labute approximate surface area is 198 Å². The van der Waals surface area contributed by atoms with Gasteiger partial charge in [0, 0.05) is 30.2 Å². The fourth-order valence-electron chi connectivity index (χ4n) is 3.08. The van der Waals surface area contributed by atoms with Crippen molar-refractivity contribution < 1.29 is 23.0 Å². The van der Waals surface area contributed by atoms with Gasteiger partial charge >= 0.3 is 6.18 Å². The maximum Gasteiger partial charge on any atom is 0.435 e. The van der Waals surface area contributed by atoms with Crippen LogP contribution < -0.4 is 10.1 Å². The van der Waals surface area contributed by atoms with Crippen molar-refractivity contribution in [3.63, 3.8) is 0 Å². The van der Waals surface area contributed by atoms with Crippen molar-refractivity contribution in [2.24, 2.45) is 0 Å². The van der Waals surface area contributed by atoms with Crippen molar-refractivity contribution in [1.82, 2.24) is 19.7 Å². The molecule has 0 saturated carbocycles. The Bertz CT molecular complexity index is 1390. The number of hydrogen-bond acceptors (Lipinski definition) is 6. The first-order chi connectivity index (χ1) is 16.5. The van der Waals surface area contributed by atoms with Gasteiger partial charge in [0.1, 0.15) is 17.2 Å². The van der Waals surface area contributed by atoms with Gasteiger partial charge in [-0.1, -0.05) is 12.1 Å². The molecule has 1 aromatic carbocycles. The monoisotopic (exact) mass is 480 g/mol. The van der Waals surface area contributed by atoms with Crippen LogP contribution in [0.1, 0.15) is 25.2 Å². The number of alkyl halides is 3. The molecule has 0 aliphatic carbocycles. The fourth-order valence-corrected chi connectivity index (χ4v) is 3.08. The van der Waals surface area contributed by atoms with Crippen LogP contribution in [0.3, 0.4) is 0 Å². The molecule has 0 unspecified atom stereocenters. The normalized spacial score (nSPS) is 11.7. The molecular weight excluding hydrogens is 461 g/mol. The number of halogens is 3. The Morgan fingerprint density at radius 2 is 1.69 bits per heavy atom. The van der Waals surface area contributed by atoms with E-state index in [-0.39, 0.29) is 11.6 Å². The molecule has 3 aromatic heterocycles. The lowest BCUT2D eigenvalue weighted by molar-refractivity contribution is -0.141. The van der Waals surface area contributed by atoms with Gasteiger partial charge in [0.15, 0.2) is 11.4 Å². The number of hydrogen-bond donors (Lipinski definition) is 2. The Balaban J connectivity index is 1.64. The van der Waals surface area contributed by atoms with Crippen LogP contribution in [-0.4, -0.2) is 24.9 Å². The van der Waals surface area contributed by atoms with E-state index in [0.717, 1.165) is 10.7 Å². The standard InChI is InChI=1S/C24H19F3N6O2/c1-23(2,34)19-12-16(8-10-29-19)31-21-13-18(9-11-30-21)35-22-14-20(24(25,26)27)32-33(22)17-6-4-15(28-3)5-7-17/h4-14,34H,1-2H3,(H,29,30,31). The molecule has 0 radical (unpaired) electrons. The van der Waals surface area contributed by atoms with E-state index >= 15 is 0 Å². The van der Waals surface area contributed by atoms with E-state index in [0.29, 0.717) is 28.6 Å². The number of rotatable bonds is 6. The van der Waals surface area contributed by atoms with E-state index in [2.05, 4.69) is 25.2 Å². The number of ether oxygens (including phenoxy) is 1. The number of aromatic nitrogens is 4. The largest absolute Gasteiger partial charge is 0.439 e. The smallest absolute Gasteiger partial charge is 0.435 e. The third-order valence-corrected chi connectivity index (χ3v) is 4.80. The molecule has 2 N–H and O–H groups in total. The van der Waals surface area contributed by atoms with Gasteiger partial charge in [-0.05, 0) is 44.2 Å². The Kier molecular flexibility index (Phi) is 6.15. The first-order valence-electron chi connectivity index (χ1n) is 10.3. The summed E-state index contributed by atoms with van der Waals surface area (Å²) in [5.41, 5.74) is -0.573. The van der Waals surface area contributed by atoms with Gasteiger partial charge in [-0.3, -0.25) is 4.98 Å². The molecule has 4 aromatic rings. The van der Waals surface area contributed by atoms with Gasteiger partial charge in [-0.15, -0.1) is 0 Å². The summed E-state index contributed by atoms with van der Waals surface area (Å²) in [7, 11) is 0. The molecule has 0 spiro atoms. The molecule has 35 heavy (non-hydrogen) atoms. The van der Waals surface area contributed by atoms with Gasteiger partial charge in [0.05, 0.1) is 18.0 Å². The Morgan fingerprint density at radius 1 is 0.971 bits per heavy atom. The van der Waals surface area contributed by atoms with Gasteiger partial charge in [0.2, 0.25) is 5.88 Å². The average Bonchev–Trinajstić information content (AvgIpc) is 3.23. The highest BCUT2D eigenvalue weighted by Gasteiger charge is 2.35. The summed E-state index contributed by atoms with van der Waals surface area (Å²) in [5, 5.41) is 16.9. The van der Waals surface area contributed by atoms with Crippen LogP contribution in [0.5, 0.6) is 11.6 Å². The molecule has 0 bridgehead atoms. The second kappa shape index (κ2) is 9.08. The molecule has 0 saturated heterocycles. The first-order valence-corrected chi connectivity index (χ1v) is 10.3. The van der Waals surface area contributed by atoms with E-state index in [1.807, 2.05) is 0 Å². The average molecular weight is 480 g/mol. The van der Waals surface area contributed by atoms with Gasteiger partial charge in [0.25, 0.3) is 0 Å². The van der Waals surface area contributed by atoms with Crippen molar-refractivity contribution in [1.29, 1.82) is 0 Å². The second-order valence-electron chi connectivity index (χ2n) is 8.00. The predicted molar refractivity (Wildman–Crippen MR) is 122 cm³/mol. The highest BCUT2D eigenvalue weighted by atomic mass is 19.4. The minimum absolute atomic E-state index is 0.168. The number of nitrogens with zero attached hydrogens (tertiary/aromatic N) is 5. The third kappa shape index (κ3) is 5.56. The zero-order valence-corrected chi connectivity index (χ0v) is 18.6. The number of anilines is 2. The van der Waals surface area contributed by atoms with Crippen molar-refractivity contribution >= 4 is 17.2 Å². The number of pyridine rings is 2. The summed E-state index contributed by atoms with van der Waals surface area (Å²) >= 11 is 0. The van der Waals surface area contributed by atoms with Crippen molar-refractivity contribution in [3.05, 3.63) is 89.8 Å². The molecule has 178 valence electrons. The quantitative estimate of drug-likeness (QED) is 0.329. The molecule has 3 heterocycles. The molecular formula is C24H19F3N6O2. The lowest BCUT2D eigenvalue weighted by atomic mass is 10.0. The number of nitrogens with one attached hydrogen (secondary N) is 1. The summed E-state index contributed by atoms with van der Waals surface area (Å²) in [6.45, 7) is 10.3. The summed E-state index contributed by atoms with van der Waals surface area (Å²) < 4.78 is 46.9. The van der Waals surface area contributed by atoms with E-state index in [9.17, 15) is 18.3 Å². The van der Waals surface area contributed by atoms with E-state index in [1.165, 1.54) is 48.8 Å². The lowest BCUT2D eigenvalue weighted by Gasteiger charge is -2.17. The van der Waals surface area contributed by atoms with Crippen LogP contribution in [0.2, 0.25) is 0 Å². The summed E-state index contributed by atoms with van der Waals surface area (Å²) in [6, 6.07) is 13.1. The van der Waals surface area contributed by atoms with Crippen LogP contribution in [-0.2, 0) is 11.8 Å². The molecule has 0 aliphatic rings. The zero-order valence-electron chi connectivity index (χ0n) is 18.6. The predicted octanol–water partition coefficient (Wildman–Crippen LogP) is 6.00. The molecule has 0 atom stereocenters. The number of benzene rings is 1. The van der Waals surface area contributed by atoms with Crippen molar-refractivity contribution in [3.8, 4) is 17.3 Å². The molecule has 0 fully saturated rings. The van der Waals surface area contributed by atoms with Crippen LogP contribution in [0.15, 0.2) is 67.0 Å².